The van der Waals surface area contributed by atoms with Gasteiger partial charge in [0.2, 0.25) is 5.90 Å². The van der Waals surface area contributed by atoms with Crippen molar-refractivity contribution in [2.75, 3.05) is 13.7 Å². The van der Waals surface area contributed by atoms with E-state index in [9.17, 15) is 4.79 Å². The Hall–Kier alpha value is -2.30. The molecular formula is C25H31NO4. The Bertz CT molecular complexity index is 865. The molecule has 1 aliphatic heterocycles. The molecule has 4 aliphatic carbocycles. The summed E-state index contributed by atoms with van der Waals surface area (Å²) in [6, 6.07) is 5.72. The number of aliphatic imine (C=N–C) groups is 1. The molecule has 1 aromatic rings. The van der Waals surface area contributed by atoms with Gasteiger partial charge in [0.15, 0.2) is 17.2 Å². The lowest BCUT2D eigenvalue weighted by Crippen LogP contribution is -2.50. The predicted molar refractivity (Wildman–Crippen MR) is 116 cm³/mol. The monoisotopic (exact) mass is 409 g/mol. The zero-order valence-electron chi connectivity index (χ0n) is 18.0. The van der Waals surface area contributed by atoms with Gasteiger partial charge in [-0.05, 0) is 86.5 Å². The van der Waals surface area contributed by atoms with Gasteiger partial charge in [0.05, 0.1) is 13.7 Å². The third-order valence-electron chi connectivity index (χ3n) is 7.36. The van der Waals surface area contributed by atoms with E-state index in [1.165, 1.54) is 19.3 Å². The average Bonchev–Trinajstić information content (AvgIpc) is 3.09. The summed E-state index contributed by atoms with van der Waals surface area (Å²) in [7, 11) is 1.63. The second kappa shape index (κ2) is 7.75. The molecule has 30 heavy (non-hydrogen) atoms. The summed E-state index contributed by atoms with van der Waals surface area (Å²) in [4.78, 5) is 17.3. The molecule has 0 saturated heterocycles. The second-order valence-electron chi connectivity index (χ2n) is 9.65. The number of hydrogen-bond donors (Lipinski definition) is 0. The highest BCUT2D eigenvalue weighted by Gasteiger charge is 2.55. The maximum absolute atomic E-state index is 12.6. The van der Waals surface area contributed by atoms with Gasteiger partial charge in [-0.2, -0.15) is 0 Å². The molecule has 0 amide bonds. The van der Waals surface area contributed by atoms with Gasteiger partial charge in [-0.15, -0.1) is 0 Å². The average molecular weight is 410 g/mol. The number of cyclic esters (lactones) is 1. The zero-order valence-corrected chi connectivity index (χ0v) is 18.0. The summed E-state index contributed by atoms with van der Waals surface area (Å²) >= 11 is 0. The number of carbonyl (C=O) groups is 1. The molecule has 0 unspecified atom stereocenters. The van der Waals surface area contributed by atoms with E-state index in [4.69, 9.17) is 19.2 Å². The first-order valence-corrected chi connectivity index (χ1v) is 11.4. The largest absolute Gasteiger partial charge is 0.493 e. The fourth-order valence-corrected chi connectivity index (χ4v) is 6.39. The van der Waals surface area contributed by atoms with Crippen LogP contribution < -0.4 is 9.47 Å². The number of ether oxygens (including phenoxy) is 3. The topological polar surface area (TPSA) is 57.1 Å². The van der Waals surface area contributed by atoms with Crippen molar-refractivity contribution in [3.8, 4) is 11.5 Å². The van der Waals surface area contributed by atoms with Gasteiger partial charge in [0.1, 0.15) is 0 Å². The van der Waals surface area contributed by atoms with Crippen LogP contribution in [0.25, 0.3) is 6.08 Å². The van der Waals surface area contributed by atoms with E-state index in [1.54, 1.807) is 13.2 Å². The molecule has 4 fully saturated rings. The lowest BCUT2D eigenvalue weighted by atomic mass is 9.49. The van der Waals surface area contributed by atoms with Crippen molar-refractivity contribution in [1.82, 2.24) is 0 Å². The molecule has 0 spiro atoms. The number of hydrogen-bond acceptors (Lipinski definition) is 5. The summed E-state index contributed by atoms with van der Waals surface area (Å²) in [5, 5.41) is 0. The first-order valence-electron chi connectivity index (χ1n) is 11.4. The van der Waals surface area contributed by atoms with E-state index in [1.807, 2.05) is 18.2 Å². The smallest absolute Gasteiger partial charge is 0.363 e. The molecule has 1 heterocycles. The molecule has 5 aliphatic rings. The Morgan fingerprint density at radius 1 is 1.13 bits per heavy atom. The lowest BCUT2D eigenvalue weighted by molar-refractivity contribution is -0.131. The van der Waals surface area contributed by atoms with Crippen molar-refractivity contribution in [1.29, 1.82) is 0 Å². The predicted octanol–water partition coefficient (Wildman–Crippen LogP) is 5.39. The van der Waals surface area contributed by atoms with Crippen LogP contribution in [-0.4, -0.2) is 25.6 Å². The minimum atomic E-state index is -0.331. The number of esters is 1. The van der Waals surface area contributed by atoms with Crippen LogP contribution in [0, 0.1) is 23.2 Å². The zero-order chi connectivity index (χ0) is 20.7. The van der Waals surface area contributed by atoms with Gasteiger partial charge in [-0.1, -0.05) is 19.4 Å². The second-order valence-corrected chi connectivity index (χ2v) is 9.65. The third kappa shape index (κ3) is 3.52. The van der Waals surface area contributed by atoms with Crippen LogP contribution in [0.3, 0.4) is 0 Å². The molecule has 5 heteroatoms. The quantitative estimate of drug-likeness (QED) is 0.344. The lowest BCUT2D eigenvalue weighted by Gasteiger charge is -2.55. The van der Waals surface area contributed by atoms with Crippen LogP contribution in [0.15, 0.2) is 28.9 Å². The van der Waals surface area contributed by atoms with Crippen molar-refractivity contribution >= 4 is 17.9 Å². The number of methoxy groups -OCH3 is 1. The Kier molecular flexibility index (Phi) is 5.08. The molecule has 0 atom stereocenters. The van der Waals surface area contributed by atoms with Gasteiger partial charge in [-0.3, -0.25) is 0 Å². The van der Waals surface area contributed by atoms with Gasteiger partial charge in [-0.25, -0.2) is 9.79 Å². The van der Waals surface area contributed by atoms with Crippen LogP contribution in [0.5, 0.6) is 11.5 Å². The summed E-state index contributed by atoms with van der Waals surface area (Å²) in [6.07, 6.45) is 11.4. The highest BCUT2D eigenvalue weighted by Crippen LogP contribution is 2.61. The molecule has 4 saturated carbocycles. The third-order valence-corrected chi connectivity index (χ3v) is 7.36. The van der Waals surface area contributed by atoms with Gasteiger partial charge in [0, 0.05) is 5.41 Å². The van der Waals surface area contributed by atoms with E-state index < -0.39 is 0 Å². The molecule has 5 nitrogen and oxygen atoms in total. The first kappa shape index (κ1) is 19.7. The van der Waals surface area contributed by atoms with Crippen LogP contribution in [0.1, 0.15) is 63.9 Å². The van der Waals surface area contributed by atoms with Crippen LogP contribution in [-0.2, 0) is 9.53 Å². The minimum Gasteiger partial charge on any atom is -0.493 e. The van der Waals surface area contributed by atoms with Crippen LogP contribution in [0.2, 0.25) is 0 Å². The molecular weight excluding hydrogens is 378 g/mol. The highest BCUT2D eigenvalue weighted by molar-refractivity contribution is 6.09. The van der Waals surface area contributed by atoms with Crippen molar-refractivity contribution in [2.45, 2.75) is 58.3 Å². The van der Waals surface area contributed by atoms with Crippen molar-refractivity contribution < 1.29 is 19.0 Å². The van der Waals surface area contributed by atoms with Gasteiger partial charge < -0.3 is 14.2 Å². The SMILES string of the molecule is CCCCOc1ccc(/C=C2\N=C(C34CC5CC(CC(C5)C3)C4)OC2=O)cc1OC. The Balaban J connectivity index is 1.38. The van der Waals surface area contributed by atoms with Crippen LogP contribution in [0.4, 0.5) is 0 Å². The van der Waals surface area contributed by atoms with Crippen molar-refractivity contribution in [2.24, 2.45) is 28.2 Å². The fourth-order valence-electron chi connectivity index (χ4n) is 6.39. The van der Waals surface area contributed by atoms with E-state index in [-0.39, 0.29) is 11.4 Å². The summed E-state index contributed by atoms with van der Waals surface area (Å²) < 4.78 is 17.1. The maximum atomic E-state index is 12.6. The minimum absolute atomic E-state index is 0.00529. The number of carbonyl (C=O) groups excluding carboxylic acids is 1. The number of rotatable bonds is 7. The van der Waals surface area contributed by atoms with Crippen LogP contribution >= 0.6 is 0 Å². The van der Waals surface area contributed by atoms with E-state index in [2.05, 4.69) is 6.92 Å². The maximum Gasteiger partial charge on any atom is 0.363 e. The molecule has 0 aromatic heterocycles. The Labute approximate surface area is 178 Å². The van der Waals surface area contributed by atoms with E-state index >= 15 is 0 Å². The van der Waals surface area contributed by atoms with Crippen molar-refractivity contribution in [3.63, 3.8) is 0 Å². The summed E-state index contributed by atoms with van der Waals surface area (Å²) in [6.45, 7) is 2.80. The summed E-state index contributed by atoms with van der Waals surface area (Å²) in [5.74, 6) is 4.10. The first-order chi connectivity index (χ1) is 14.6. The highest BCUT2D eigenvalue weighted by atomic mass is 16.6. The molecule has 4 bridgehead atoms. The molecule has 1 aromatic carbocycles. The normalized spacial score (nSPS) is 33.0. The molecule has 0 N–H and O–H groups in total. The number of unbranched alkanes of at least 4 members (excludes halogenated alkanes) is 1. The van der Waals surface area contributed by atoms with Crippen molar-refractivity contribution in [3.05, 3.63) is 29.5 Å². The summed E-state index contributed by atoms with van der Waals surface area (Å²) in [5.41, 5.74) is 1.24. The van der Waals surface area contributed by atoms with Gasteiger partial charge >= 0.3 is 5.97 Å². The standard InChI is InChI=1S/C25H31NO4/c1-3-4-7-29-21-6-5-16(12-22(21)28-2)11-20-23(27)30-24(26-20)25-13-17-8-18(14-25)10-19(9-17)15-25/h5-6,11-12,17-19H,3-4,7-10,13-15H2,1-2H3/b20-11-. The molecule has 160 valence electrons. The fraction of sp³-hybridized carbons (Fsp3) is 0.600. The van der Waals surface area contributed by atoms with Gasteiger partial charge in [0.25, 0.3) is 0 Å². The molecule has 6 rings (SSSR count). The molecule has 0 radical (unpaired) electrons. The Morgan fingerprint density at radius 3 is 2.47 bits per heavy atom. The number of benzene rings is 1. The number of nitrogens with zero attached hydrogens (tertiary/aromatic N) is 1. The Morgan fingerprint density at radius 2 is 1.83 bits per heavy atom. The van der Waals surface area contributed by atoms with E-state index in [0.717, 1.165) is 61.2 Å². The van der Waals surface area contributed by atoms with E-state index in [0.29, 0.717) is 24.0 Å².